The Labute approximate surface area is 203 Å². The van der Waals surface area contributed by atoms with Crippen LogP contribution in [0.15, 0.2) is 30.3 Å². The molecular weight excluding hydrogens is 452 g/mol. The van der Waals surface area contributed by atoms with E-state index in [0.717, 1.165) is 29.0 Å². The molecule has 2 aromatic rings. The topological polar surface area (TPSA) is 68.3 Å². The Hall–Kier alpha value is -2.87. The number of amides is 2. The summed E-state index contributed by atoms with van der Waals surface area (Å²) in [6, 6.07) is 9.51. The lowest BCUT2D eigenvalue weighted by atomic mass is 9.80. The molecule has 1 saturated heterocycles. The third-order valence-electron chi connectivity index (χ3n) is 7.20. The maximum Gasteiger partial charge on any atom is 0.269 e. The Kier molecular flexibility index (Phi) is 4.66. The average Bonchev–Trinajstić information content (AvgIpc) is 3.28. The number of carbonyl (C=O) groups is 2. The lowest BCUT2D eigenvalue weighted by molar-refractivity contribution is -0.124. The van der Waals surface area contributed by atoms with Crippen LogP contribution in [0.2, 0.25) is 0 Å². The van der Waals surface area contributed by atoms with Crippen LogP contribution in [-0.2, 0) is 14.5 Å². The Morgan fingerprint density at radius 1 is 1.09 bits per heavy atom. The zero-order valence-corrected chi connectivity index (χ0v) is 20.7. The molecule has 1 spiro atoms. The second-order valence-corrected chi connectivity index (χ2v) is 11.1. The van der Waals surface area contributed by atoms with E-state index in [2.05, 4.69) is 26.8 Å². The Balaban J connectivity index is 1.59. The minimum absolute atomic E-state index is 0.0694. The number of nitrogens with zero attached hydrogens (tertiary/aromatic N) is 2. The van der Waals surface area contributed by atoms with Crippen LogP contribution in [0.1, 0.15) is 51.2 Å². The van der Waals surface area contributed by atoms with Gasteiger partial charge < -0.3 is 19.1 Å². The fourth-order valence-electron chi connectivity index (χ4n) is 5.98. The summed E-state index contributed by atoms with van der Waals surface area (Å²) in [7, 11) is 0. The van der Waals surface area contributed by atoms with Gasteiger partial charge in [0, 0.05) is 22.9 Å². The number of anilines is 2. The van der Waals surface area contributed by atoms with E-state index in [-0.39, 0.29) is 29.0 Å². The average molecular weight is 481 g/mol. The first-order valence-electron chi connectivity index (χ1n) is 11.8. The van der Waals surface area contributed by atoms with Crippen molar-refractivity contribution in [3.8, 4) is 17.2 Å². The largest absolute Gasteiger partial charge is 0.494 e. The summed E-state index contributed by atoms with van der Waals surface area (Å²) >= 11 is 1.39. The Morgan fingerprint density at radius 2 is 1.85 bits per heavy atom. The molecule has 6 rings (SSSR count). The molecule has 0 aliphatic carbocycles. The van der Waals surface area contributed by atoms with Gasteiger partial charge in [-0.25, -0.2) is 0 Å². The van der Waals surface area contributed by atoms with E-state index in [0.29, 0.717) is 37.0 Å². The van der Waals surface area contributed by atoms with Crippen molar-refractivity contribution in [3.05, 3.63) is 41.5 Å². The molecule has 0 saturated carbocycles. The van der Waals surface area contributed by atoms with E-state index < -0.39 is 4.87 Å². The number of carbonyl (C=O) groups excluding carboxylic acids is 2. The number of ether oxygens (including phenoxy) is 3. The van der Waals surface area contributed by atoms with E-state index in [4.69, 9.17) is 14.2 Å². The fraction of sp³-hybridized carbons (Fsp3) is 0.462. The van der Waals surface area contributed by atoms with Crippen molar-refractivity contribution in [2.75, 3.05) is 35.4 Å². The molecule has 0 bridgehead atoms. The second-order valence-electron chi connectivity index (χ2n) is 9.89. The third-order valence-corrected chi connectivity index (χ3v) is 8.59. The van der Waals surface area contributed by atoms with Gasteiger partial charge >= 0.3 is 0 Å². The summed E-state index contributed by atoms with van der Waals surface area (Å²) in [5.74, 6) is 2.28. The zero-order chi connectivity index (χ0) is 23.8. The fourth-order valence-corrected chi connectivity index (χ4v) is 7.31. The van der Waals surface area contributed by atoms with Crippen molar-refractivity contribution in [3.63, 3.8) is 0 Å². The molecule has 4 aliphatic rings. The summed E-state index contributed by atoms with van der Waals surface area (Å²) < 4.78 is 17.4. The highest BCUT2D eigenvalue weighted by molar-refractivity contribution is 8.02. The standard InChI is InChI=1S/C26H28N2O5S/c1-5-31-17-11-18-15(2)13-25(3,4)28-23(18)19(12-17)26(24(28)30)27(22(29)14-34-26)16-6-7-20-21(10-16)33-9-8-32-20/h6-7,10-12,15H,5,8-9,13-14H2,1-4H3/t15-,26+/m0/s1. The number of fused-ring (bicyclic) bond motifs is 2. The summed E-state index contributed by atoms with van der Waals surface area (Å²) in [4.78, 5) is 30.3. The molecule has 2 aromatic carbocycles. The molecule has 8 heteroatoms. The second kappa shape index (κ2) is 7.31. The number of thioether (sulfide) groups is 1. The first kappa shape index (κ1) is 21.6. The van der Waals surface area contributed by atoms with Gasteiger partial charge in [0.15, 0.2) is 11.5 Å². The number of hydrogen-bond acceptors (Lipinski definition) is 6. The molecule has 0 unspecified atom stereocenters. The maximum atomic E-state index is 14.4. The molecule has 7 nitrogen and oxygen atoms in total. The van der Waals surface area contributed by atoms with Crippen molar-refractivity contribution in [1.29, 1.82) is 0 Å². The lowest BCUT2D eigenvalue weighted by Crippen LogP contribution is -2.56. The minimum atomic E-state index is -1.18. The van der Waals surface area contributed by atoms with Gasteiger partial charge in [-0.3, -0.25) is 14.5 Å². The highest BCUT2D eigenvalue weighted by Crippen LogP contribution is 2.62. The molecule has 34 heavy (non-hydrogen) atoms. The van der Waals surface area contributed by atoms with Crippen LogP contribution in [0, 0.1) is 0 Å². The molecular formula is C26H28N2O5S. The van der Waals surface area contributed by atoms with E-state index in [9.17, 15) is 9.59 Å². The summed E-state index contributed by atoms with van der Waals surface area (Å²) in [5.41, 5.74) is 3.13. The van der Waals surface area contributed by atoms with E-state index in [1.165, 1.54) is 11.8 Å². The van der Waals surface area contributed by atoms with Crippen LogP contribution in [0.3, 0.4) is 0 Å². The minimum Gasteiger partial charge on any atom is -0.494 e. The molecule has 0 aromatic heterocycles. The normalized spacial score (nSPS) is 26.3. The van der Waals surface area contributed by atoms with Crippen LogP contribution in [-0.4, -0.2) is 42.9 Å². The predicted octanol–water partition coefficient (Wildman–Crippen LogP) is 4.42. The van der Waals surface area contributed by atoms with Crippen molar-refractivity contribution in [1.82, 2.24) is 0 Å². The van der Waals surface area contributed by atoms with Crippen molar-refractivity contribution < 1.29 is 23.8 Å². The SMILES string of the molecule is CCOc1cc2c3c(c1)[C@@]1(SCC(=O)N1c1ccc4c(c1)OCCO4)C(=O)N3C(C)(C)C[C@@H]2C. The maximum absolute atomic E-state index is 14.4. The quantitative estimate of drug-likeness (QED) is 0.648. The molecule has 178 valence electrons. The van der Waals surface area contributed by atoms with Crippen LogP contribution >= 0.6 is 11.8 Å². The van der Waals surface area contributed by atoms with Crippen molar-refractivity contribution in [2.24, 2.45) is 0 Å². The molecule has 2 amide bonds. The molecule has 4 heterocycles. The van der Waals surface area contributed by atoms with Crippen LogP contribution in [0.5, 0.6) is 17.2 Å². The third kappa shape index (κ3) is 2.78. The van der Waals surface area contributed by atoms with Gasteiger partial charge in [0.2, 0.25) is 10.8 Å². The van der Waals surface area contributed by atoms with Gasteiger partial charge in [0.25, 0.3) is 5.91 Å². The van der Waals surface area contributed by atoms with E-state index in [1.807, 2.05) is 36.1 Å². The highest BCUT2D eigenvalue weighted by atomic mass is 32.2. The first-order valence-corrected chi connectivity index (χ1v) is 12.8. The number of rotatable bonds is 3. The van der Waals surface area contributed by atoms with Gasteiger partial charge in [-0.15, -0.1) is 11.8 Å². The number of hydrogen-bond donors (Lipinski definition) is 0. The smallest absolute Gasteiger partial charge is 0.269 e. The summed E-state index contributed by atoms with van der Waals surface area (Å²) in [5, 5.41) is 0. The number of benzene rings is 2. The van der Waals surface area contributed by atoms with Crippen molar-refractivity contribution in [2.45, 2.75) is 50.4 Å². The van der Waals surface area contributed by atoms with Gasteiger partial charge in [-0.05, 0) is 62.9 Å². The monoisotopic (exact) mass is 480 g/mol. The Bertz CT molecular complexity index is 1230. The van der Waals surface area contributed by atoms with Crippen LogP contribution in [0.4, 0.5) is 11.4 Å². The highest BCUT2D eigenvalue weighted by Gasteiger charge is 2.64. The van der Waals surface area contributed by atoms with Crippen LogP contribution < -0.4 is 24.0 Å². The molecule has 1 fully saturated rings. The van der Waals surface area contributed by atoms with Crippen molar-refractivity contribution >= 4 is 35.0 Å². The molecule has 2 atom stereocenters. The summed E-state index contributed by atoms with van der Waals surface area (Å²) in [6.45, 7) is 9.84. The van der Waals surface area contributed by atoms with Gasteiger partial charge in [0.1, 0.15) is 19.0 Å². The van der Waals surface area contributed by atoms with Gasteiger partial charge in [-0.1, -0.05) is 6.92 Å². The van der Waals surface area contributed by atoms with Gasteiger partial charge in [-0.2, -0.15) is 0 Å². The predicted molar refractivity (Wildman–Crippen MR) is 131 cm³/mol. The summed E-state index contributed by atoms with van der Waals surface area (Å²) in [6.07, 6.45) is 0.833. The molecule has 0 N–H and O–H groups in total. The molecule has 4 aliphatic heterocycles. The lowest BCUT2D eigenvalue weighted by Gasteiger charge is -2.44. The molecule has 0 radical (unpaired) electrons. The zero-order valence-electron chi connectivity index (χ0n) is 19.8. The van der Waals surface area contributed by atoms with E-state index in [1.54, 1.807) is 4.90 Å². The van der Waals surface area contributed by atoms with Crippen LogP contribution in [0.25, 0.3) is 0 Å². The Morgan fingerprint density at radius 3 is 2.62 bits per heavy atom. The van der Waals surface area contributed by atoms with Gasteiger partial charge in [0.05, 0.1) is 18.0 Å². The first-order chi connectivity index (χ1) is 16.3. The van der Waals surface area contributed by atoms with E-state index >= 15 is 0 Å².